The Morgan fingerprint density at radius 3 is 2.21 bits per heavy atom. The van der Waals surface area contributed by atoms with Crippen LogP contribution >= 0.6 is 0 Å². The highest BCUT2D eigenvalue weighted by atomic mass is 16.6. The second kappa shape index (κ2) is 7.91. The van der Waals surface area contributed by atoms with Gasteiger partial charge in [-0.3, -0.25) is 4.79 Å². The zero-order valence-electron chi connectivity index (χ0n) is 17.6. The number of ether oxygens (including phenoxy) is 1. The fourth-order valence-corrected chi connectivity index (χ4v) is 4.78. The summed E-state index contributed by atoms with van der Waals surface area (Å²) in [4.78, 5) is 25.0. The maximum absolute atomic E-state index is 13.3. The number of phenolic OH excluding ortho intramolecular Hbond substituents is 2. The maximum atomic E-state index is 13.3. The van der Waals surface area contributed by atoms with Crippen LogP contribution in [-0.2, 0) is 10.3 Å². The number of hydrogen-bond acceptors (Lipinski definition) is 11. The van der Waals surface area contributed by atoms with Gasteiger partial charge in [0, 0.05) is 17.2 Å². The molecular weight excluding hydrogens is 456 g/mol. The lowest BCUT2D eigenvalue weighted by Crippen LogP contribution is -2.65. The third kappa shape index (κ3) is 3.08. The van der Waals surface area contributed by atoms with E-state index in [2.05, 4.69) is 0 Å². The lowest BCUT2D eigenvalue weighted by molar-refractivity contribution is -0.265. The normalized spacial score (nSPS) is 30.5. The van der Waals surface area contributed by atoms with E-state index in [-0.39, 0.29) is 5.56 Å². The highest BCUT2D eigenvalue weighted by molar-refractivity contribution is 6.17. The molecule has 0 aromatic heterocycles. The van der Waals surface area contributed by atoms with E-state index in [1.54, 1.807) is 0 Å². The number of fused-ring (bicyclic) bond motifs is 2. The number of rotatable bonds is 3. The highest BCUT2D eigenvalue weighted by Crippen LogP contribution is 2.51. The fraction of sp³-hybridized carbons (Fsp3) is 0.364. The van der Waals surface area contributed by atoms with Gasteiger partial charge < -0.3 is 50.7 Å². The molecule has 1 aliphatic carbocycles. The van der Waals surface area contributed by atoms with Gasteiger partial charge in [-0.25, -0.2) is 4.79 Å². The highest BCUT2D eigenvalue weighted by Gasteiger charge is 2.58. The molecule has 2 aliphatic rings. The first-order chi connectivity index (χ1) is 15.9. The number of aryl methyl sites for hydroxylation is 1. The van der Waals surface area contributed by atoms with Crippen LogP contribution in [-0.4, -0.2) is 94.8 Å². The van der Waals surface area contributed by atoms with Crippen molar-refractivity contribution in [3.63, 3.8) is 0 Å². The van der Waals surface area contributed by atoms with Gasteiger partial charge in [-0.15, -0.1) is 0 Å². The van der Waals surface area contributed by atoms with Gasteiger partial charge in [-0.2, -0.15) is 0 Å². The van der Waals surface area contributed by atoms with Crippen LogP contribution in [0.2, 0.25) is 0 Å². The van der Waals surface area contributed by atoms with Crippen LogP contribution in [0, 0.1) is 6.92 Å². The fourth-order valence-electron chi connectivity index (χ4n) is 4.78. The van der Waals surface area contributed by atoms with Crippen LogP contribution < -0.4 is 0 Å². The minimum absolute atomic E-state index is 0.0904. The van der Waals surface area contributed by atoms with Crippen molar-refractivity contribution in [2.24, 2.45) is 0 Å². The van der Waals surface area contributed by atoms with E-state index < -0.39 is 99.5 Å². The molecule has 1 saturated heterocycles. The predicted octanol–water partition coefficient (Wildman–Crippen LogP) is -1.57. The summed E-state index contributed by atoms with van der Waals surface area (Å²) in [6.07, 6.45) is -9.17. The molecule has 2 aromatic rings. The monoisotopic (exact) mass is 478 g/mol. The number of phenols is 3. The predicted molar refractivity (Wildman–Crippen MR) is 110 cm³/mol. The molecule has 1 fully saturated rings. The molecule has 0 spiro atoms. The van der Waals surface area contributed by atoms with Crippen molar-refractivity contribution < 1.29 is 60.3 Å². The molecular formula is C22H22O12. The number of carbonyl (C=O) groups excluding carboxylic acids is 1. The van der Waals surface area contributed by atoms with Crippen LogP contribution in [0.4, 0.5) is 0 Å². The van der Waals surface area contributed by atoms with Crippen LogP contribution in [0.5, 0.6) is 17.2 Å². The number of carboxylic acids is 1. The van der Waals surface area contributed by atoms with Crippen molar-refractivity contribution in [1.29, 1.82) is 0 Å². The largest absolute Gasteiger partial charge is 0.508 e. The van der Waals surface area contributed by atoms with Gasteiger partial charge in [0.15, 0.2) is 0 Å². The minimum atomic E-state index is -2.69. The van der Waals surface area contributed by atoms with Crippen molar-refractivity contribution in [2.45, 2.75) is 43.0 Å². The molecule has 4 rings (SSSR count). The van der Waals surface area contributed by atoms with Gasteiger partial charge in [-0.05, 0) is 18.6 Å². The van der Waals surface area contributed by atoms with E-state index >= 15 is 0 Å². The summed E-state index contributed by atoms with van der Waals surface area (Å²) in [7, 11) is 0. The molecule has 0 saturated carbocycles. The summed E-state index contributed by atoms with van der Waals surface area (Å²) in [5.74, 6) is -5.11. The standard InChI is InChI=1S/C22H22O12/c1-6-2-8-14(16(27)12(6)21(31)32)17(28)13-9(3-7(24)4-10(13)25)22(8,33)20-19(30)18(29)15(26)11(5-23)34-20/h2-4,11,15,18-20,23-27,29-30,33H,5H2,1H3,(H,31,32). The first-order valence-electron chi connectivity index (χ1n) is 10.1. The van der Waals surface area contributed by atoms with E-state index in [1.165, 1.54) is 6.92 Å². The quantitative estimate of drug-likeness (QED) is 0.244. The summed E-state index contributed by atoms with van der Waals surface area (Å²) in [5, 5.41) is 93.5. The average Bonchev–Trinajstić information content (AvgIpc) is 2.75. The van der Waals surface area contributed by atoms with Gasteiger partial charge in [0.2, 0.25) is 5.78 Å². The summed E-state index contributed by atoms with van der Waals surface area (Å²) in [6, 6.07) is 2.73. The molecule has 0 radical (unpaired) electrons. The molecule has 1 heterocycles. The molecule has 12 heteroatoms. The molecule has 6 atom stereocenters. The Morgan fingerprint density at radius 1 is 1.00 bits per heavy atom. The molecule has 0 amide bonds. The number of aliphatic hydroxyl groups excluding tert-OH is 4. The molecule has 1 aliphatic heterocycles. The Hall–Kier alpha value is -3.26. The zero-order valence-corrected chi connectivity index (χ0v) is 17.6. The third-order valence-corrected chi connectivity index (χ3v) is 6.39. The van der Waals surface area contributed by atoms with Gasteiger partial charge in [0.25, 0.3) is 0 Å². The minimum Gasteiger partial charge on any atom is -0.508 e. The molecule has 2 aromatic carbocycles. The van der Waals surface area contributed by atoms with Gasteiger partial charge in [0.1, 0.15) is 58.9 Å². The third-order valence-electron chi connectivity index (χ3n) is 6.39. The van der Waals surface area contributed by atoms with E-state index in [0.717, 1.165) is 18.2 Å². The summed E-state index contributed by atoms with van der Waals surface area (Å²) in [6.45, 7) is 0.431. The summed E-state index contributed by atoms with van der Waals surface area (Å²) < 4.78 is 5.53. The van der Waals surface area contributed by atoms with Crippen LogP contribution in [0.15, 0.2) is 18.2 Å². The van der Waals surface area contributed by atoms with Crippen molar-refractivity contribution in [1.82, 2.24) is 0 Å². The Labute approximate surface area is 191 Å². The number of aromatic hydroxyl groups is 3. The van der Waals surface area contributed by atoms with E-state index in [1.807, 2.05) is 0 Å². The van der Waals surface area contributed by atoms with E-state index in [9.17, 15) is 55.5 Å². The first kappa shape index (κ1) is 23.9. The second-order valence-corrected chi connectivity index (χ2v) is 8.38. The van der Waals surface area contributed by atoms with E-state index in [4.69, 9.17) is 4.74 Å². The molecule has 9 N–H and O–H groups in total. The number of carboxylic acid groups (broad SMARTS) is 1. The number of hydrogen-bond donors (Lipinski definition) is 9. The molecule has 12 nitrogen and oxygen atoms in total. The van der Waals surface area contributed by atoms with Crippen molar-refractivity contribution in [3.05, 3.63) is 51.6 Å². The number of ketones is 1. The summed E-state index contributed by atoms with van der Waals surface area (Å²) in [5.41, 5.74) is -5.69. The Kier molecular flexibility index (Phi) is 5.55. The smallest absolute Gasteiger partial charge is 0.339 e. The first-order valence-corrected chi connectivity index (χ1v) is 10.1. The SMILES string of the molecule is Cc1cc2c(c(O)c1C(=O)O)C(=O)c1c(O)cc(O)cc1C2(O)C1OC(CO)C(O)C(O)C1O. The number of aromatic carboxylic acids is 1. The van der Waals surface area contributed by atoms with Crippen LogP contribution in [0.1, 0.15) is 43.0 Å². The molecule has 0 bridgehead atoms. The van der Waals surface area contributed by atoms with Crippen molar-refractivity contribution in [3.8, 4) is 17.2 Å². The molecule has 182 valence electrons. The Morgan fingerprint density at radius 2 is 1.62 bits per heavy atom. The number of aliphatic hydroxyl groups is 5. The van der Waals surface area contributed by atoms with Crippen molar-refractivity contribution in [2.75, 3.05) is 6.61 Å². The molecule has 34 heavy (non-hydrogen) atoms. The Balaban J connectivity index is 2.11. The maximum Gasteiger partial charge on any atom is 0.339 e. The lowest BCUT2D eigenvalue weighted by atomic mass is 9.67. The lowest BCUT2D eigenvalue weighted by Gasteiger charge is -2.49. The van der Waals surface area contributed by atoms with Crippen LogP contribution in [0.25, 0.3) is 0 Å². The molecule has 6 unspecified atom stereocenters. The Bertz CT molecular complexity index is 1210. The van der Waals surface area contributed by atoms with Gasteiger partial charge in [0.05, 0.1) is 17.7 Å². The average molecular weight is 478 g/mol. The second-order valence-electron chi connectivity index (χ2n) is 8.38. The number of carbonyl (C=O) groups is 2. The zero-order chi connectivity index (χ0) is 25.3. The van der Waals surface area contributed by atoms with Crippen LogP contribution in [0.3, 0.4) is 0 Å². The summed E-state index contributed by atoms with van der Waals surface area (Å²) >= 11 is 0. The van der Waals surface area contributed by atoms with Crippen molar-refractivity contribution >= 4 is 11.8 Å². The van der Waals surface area contributed by atoms with Gasteiger partial charge >= 0.3 is 5.97 Å². The number of benzene rings is 2. The van der Waals surface area contributed by atoms with Gasteiger partial charge in [-0.1, -0.05) is 6.07 Å². The topological polar surface area (TPSA) is 225 Å². The van der Waals surface area contributed by atoms with E-state index in [0.29, 0.717) is 0 Å².